The van der Waals surface area contributed by atoms with Crippen LogP contribution in [0.25, 0.3) is 0 Å². The first kappa shape index (κ1) is 15.3. The van der Waals surface area contributed by atoms with Crippen molar-refractivity contribution in [1.82, 2.24) is 10.2 Å². The molecule has 0 radical (unpaired) electrons. The number of likely N-dealkylation sites (tertiary alicyclic amines) is 1. The second-order valence-corrected chi connectivity index (χ2v) is 6.22. The zero-order valence-electron chi connectivity index (χ0n) is 12.7. The number of rotatable bonds is 7. The van der Waals surface area contributed by atoms with E-state index < -0.39 is 0 Å². The highest BCUT2D eigenvalue weighted by Crippen LogP contribution is 2.17. The first-order chi connectivity index (χ1) is 9.38. The van der Waals surface area contributed by atoms with Crippen LogP contribution < -0.4 is 5.32 Å². The molecular formula is C16H32N2O. The molecule has 1 saturated carbocycles. The van der Waals surface area contributed by atoms with Gasteiger partial charge in [0.25, 0.3) is 0 Å². The minimum atomic E-state index is 0.489. The van der Waals surface area contributed by atoms with Gasteiger partial charge in [0.15, 0.2) is 0 Å². The van der Waals surface area contributed by atoms with Crippen molar-refractivity contribution in [2.75, 3.05) is 32.8 Å². The van der Waals surface area contributed by atoms with Crippen LogP contribution in [-0.2, 0) is 4.74 Å². The van der Waals surface area contributed by atoms with Crippen molar-refractivity contribution < 1.29 is 4.74 Å². The summed E-state index contributed by atoms with van der Waals surface area (Å²) in [6.45, 7) is 7.88. The maximum Gasteiger partial charge on any atom is 0.0702 e. The van der Waals surface area contributed by atoms with Crippen LogP contribution in [0.3, 0.4) is 0 Å². The van der Waals surface area contributed by atoms with Gasteiger partial charge in [0, 0.05) is 32.3 Å². The number of hydrogen-bond acceptors (Lipinski definition) is 3. The fraction of sp³-hybridized carbons (Fsp3) is 1.00. The van der Waals surface area contributed by atoms with Crippen LogP contribution >= 0.6 is 0 Å². The lowest BCUT2D eigenvalue weighted by Gasteiger charge is -2.33. The largest absolute Gasteiger partial charge is 0.377 e. The lowest BCUT2D eigenvalue weighted by Crippen LogP contribution is -2.44. The zero-order chi connectivity index (χ0) is 13.3. The topological polar surface area (TPSA) is 24.5 Å². The van der Waals surface area contributed by atoms with Crippen LogP contribution in [-0.4, -0.2) is 49.8 Å². The number of piperidine rings is 1. The molecule has 3 nitrogen and oxygen atoms in total. The second kappa shape index (κ2) is 8.93. The van der Waals surface area contributed by atoms with Crippen LogP contribution in [0, 0.1) is 0 Å². The molecule has 2 aliphatic rings. The average Bonchev–Trinajstić information content (AvgIpc) is 2.47. The first-order valence-electron chi connectivity index (χ1n) is 8.46. The molecule has 0 spiro atoms. The predicted octanol–water partition coefficient (Wildman–Crippen LogP) is 2.80. The number of nitrogens with zero attached hydrogens (tertiary/aromatic N) is 1. The Morgan fingerprint density at radius 2 is 1.95 bits per heavy atom. The smallest absolute Gasteiger partial charge is 0.0702 e. The van der Waals surface area contributed by atoms with Crippen LogP contribution in [0.1, 0.15) is 58.3 Å². The maximum absolute atomic E-state index is 5.90. The van der Waals surface area contributed by atoms with E-state index in [1.54, 1.807) is 0 Å². The van der Waals surface area contributed by atoms with Gasteiger partial charge in [-0.2, -0.15) is 0 Å². The lowest BCUT2D eigenvalue weighted by atomic mass is 9.95. The van der Waals surface area contributed by atoms with Gasteiger partial charge in [-0.1, -0.05) is 26.2 Å². The van der Waals surface area contributed by atoms with Crippen molar-refractivity contribution in [3.8, 4) is 0 Å². The molecule has 1 N–H and O–H groups in total. The molecule has 1 unspecified atom stereocenters. The fourth-order valence-corrected chi connectivity index (χ4v) is 3.37. The SMILES string of the molecule is CCCOC1CCCN(CCNC2CCCCC2)C1. The third-order valence-corrected chi connectivity index (χ3v) is 4.49. The van der Waals surface area contributed by atoms with E-state index in [2.05, 4.69) is 17.1 Å². The summed E-state index contributed by atoms with van der Waals surface area (Å²) in [6, 6.07) is 0.797. The quantitative estimate of drug-likeness (QED) is 0.768. The molecule has 0 aromatic rings. The van der Waals surface area contributed by atoms with E-state index in [9.17, 15) is 0 Å². The highest BCUT2D eigenvalue weighted by atomic mass is 16.5. The van der Waals surface area contributed by atoms with Crippen LogP contribution in [0.2, 0.25) is 0 Å². The Bertz CT molecular complexity index is 229. The molecule has 2 fully saturated rings. The molecule has 1 atom stereocenters. The van der Waals surface area contributed by atoms with Crippen molar-refractivity contribution >= 4 is 0 Å². The molecule has 1 aliphatic heterocycles. The molecular weight excluding hydrogens is 236 g/mol. The van der Waals surface area contributed by atoms with Crippen molar-refractivity contribution in [2.45, 2.75) is 70.4 Å². The van der Waals surface area contributed by atoms with E-state index >= 15 is 0 Å². The standard InChI is InChI=1S/C16H32N2O/c1-2-13-19-16-9-6-11-18(14-16)12-10-17-15-7-4-3-5-8-15/h15-17H,2-14H2,1H3. The van der Waals surface area contributed by atoms with Crippen molar-refractivity contribution in [3.63, 3.8) is 0 Å². The van der Waals surface area contributed by atoms with E-state index in [1.807, 2.05) is 0 Å². The van der Waals surface area contributed by atoms with Crippen molar-refractivity contribution in [3.05, 3.63) is 0 Å². The van der Waals surface area contributed by atoms with Crippen molar-refractivity contribution in [1.29, 1.82) is 0 Å². The minimum Gasteiger partial charge on any atom is -0.377 e. The van der Waals surface area contributed by atoms with Gasteiger partial charge >= 0.3 is 0 Å². The summed E-state index contributed by atoms with van der Waals surface area (Å²) >= 11 is 0. The highest BCUT2D eigenvalue weighted by molar-refractivity contribution is 4.76. The molecule has 0 bridgehead atoms. The second-order valence-electron chi connectivity index (χ2n) is 6.22. The summed E-state index contributed by atoms with van der Waals surface area (Å²) in [6.07, 6.45) is 11.3. The Morgan fingerprint density at radius 1 is 1.11 bits per heavy atom. The molecule has 2 rings (SSSR count). The summed E-state index contributed by atoms with van der Waals surface area (Å²) in [5.41, 5.74) is 0. The molecule has 19 heavy (non-hydrogen) atoms. The van der Waals surface area contributed by atoms with Gasteiger partial charge in [0.1, 0.15) is 0 Å². The predicted molar refractivity (Wildman–Crippen MR) is 80.6 cm³/mol. The molecule has 1 heterocycles. The van der Waals surface area contributed by atoms with E-state index in [0.717, 1.165) is 32.2 Å². The van der Waals surface area contributed by atoms with Crippen LogP contribution in [0.15, 0.2) is 0 Å². The van der Waals surface area contributed by atoms with E-state index in [4.69, 9.17) is 4.74 Å². The Hall–Kier alpha value is -0.120. The fourth-order valence-electron chi connectivity index (χ4n) is 3.37. The molecule has 3 heteroatoms. The van der Waals surface area contributed by atoms with Gasteiger partial charge in [0.05, 0.1) is 6.10 Å². The molecule has 0 amide bonds. The van der Waals surface area contributed by atoms with E-state index in [1.165, 1.54) is 58.0 Å². The Kier molecular flexibility index (Phi) is 7.18. The van der Waals surface area contributed by atoms with Gasteiger partial charge in [-0.15, -0.1) is 0 Å². The zero-order valence-corrected chi connectivity index (χ0v) is 12.7. The summed E-state index contributed by atoms with van der Waals surface area (Å²) in [7, 11) is 0. The van der Waals surface area contributed by atoms with Gasteiger partial charge in [0.2, 0.25) is 0 Å². The summed E-state index contributed by atoms with van der Waals surface area (Å²) in [5, 5.41) is 3.74. The summed E-state index contributed by atoms with van der Waals surface area (Å²) in [5.74, 6) is 0. The van der Waals surface area contributed by atoms with E-state index in [-0.39, 0.29) is 0 Å². The molecule has 0 aromatic heterocycles. The van der Waals surface area contributed by atoms with Crippen LogP contribution in [0.4, 0.5) is 0 Å². The van der Waals surface area contributed by atoms with Gasteiger partial charge in [-0.25, -0.2) is 0 Å². The highest BCUT2D eigenvalue weighted by Gasteiger charge is 2.20. The van der Waals surface area contributed by atoms with Crippen molar-refractivity contribution in [2.24, 2.45) is 0 Å². The number of hydrogen-bond donors (Lipinski definition) is 1. The lowest BCUT2D eigenvalue weighted by molar-refractivity contribution is 0.000166. The monoisotopic (exact) mass is 268 g/mol. The Morgan fingerprint density at radius 3 is 2.74 bits per heavy atom. The molecule has 0 aromatic carbocycles. The maximum atomic E-state index is 5.90. The first-order valence-corrected chi connectivity index (χ1v) is 8.46. The molecule has 1 aliphatic carbocycles. The average molecular weight is 268 g/mol. The Labute approximate surface area is 119 Å². The van der Waals surface area contributed by atoms with E-state index in [0.29, 0.717) is 6.10 Å². The molecule has 1 saturated heterocycles. The normalized spacial score (nSPS) is 26.7. The summed E-state index contributed by atoms with van der Waals surface area (Å²) < 4.78 is 5.90. The van der Waals surface area contributed by atoms with Gasteiger partial charge in [-0.05, 0) is 38.6 Å². The summed E-state index contributed by atoms with van der Waals surface area (Å²) in [4.78, 5) is 2.58. The molecule has 112 valence electrons. The van der Waals surface area contributed by atoms with Gasteiger partial charge in [-0.3, -0.25) is 4.90 Å². The van der Waals surface area contributed by atoms with Gasteiger partial charge < -0.3 is 10.1 Å². The third-order valence-electron chi connectivity index (χ3n) is 4.49. The number of ether oxygens (including phenoxy) is 1. The van der Waals surface area contributed by atoms with Crippen LogP contribution in [0.5, 0.6) is 0 Å². The third kappa shape index (κ3) is 5.80. The minimum absolute atomic E-state index is 0.489. The number of nitrogens with one attached hydrogen (secondary N) is 1. The Balaban J connectivity index is 1.56.